The number of anilines is 1. The lowest BCUT2D eigenvalue weighted by Gasteiger charge is -2.21. The molecule has 12 heavy (non-hydrogen) atoms. The van der Waals surface area contributed by atoms with Crippen molar-refractivity contribution in [3.63, 3.8) is 0 Å². The standard InChI is InChI=1S/C10H14N2/c1-3-9-12(11-2)10-7-5-4-6-8-10/h3-8,11H,1,9H2,2H3. The molecule has 2 heteroatoms. The molecule has 0 aliphatic rings. The summed E-state index contributed by atoms with van der Waals surface area (Å²) in [6, 6.07) is 10.1. The van der Waals surface area contributed by atoms with Gasteiger partial charge in [0, 0.05) is 7.05 Å². The molecule has 1 aromatic rings. The van der Waals surface area contributed by atoms with E-state index in [0.29, 0.717) is 0 Å². The Morgan fingerprint density at radius 1 is 1.42 bits per heavy atom. The third-order valence-electron chi connectivity index (χ3n) is 1.65. The minimum absolute atomic E-state index is 0.806. The van der Waals surface area contributed by atoms with Crippen LogP contribution in [0.1, 0.15) is 0 Å². The van der Waals surface area contributed by atoms with E-state index in [9.17, 15) is 0 Å². The summed E-state index contributed by atoms with van der Waals surface area (Å²) in [5.41, 5.74) is 4.23. The summed E-state index contributed by atoms with van der Waals surface area (Å²) in [5, 5.41) is 2.02. The molecule has 0 amide bonds. The molecule has 0 aromatic heterocycles. The second kappa shape index (κ2) is 4.57. The van der Waals surface area contributed by atoms with Crippen LogP contribution in [0.2, 0.25) is 0 Å². The molecule has 0 aliphatic carbocycles. The lowest BCUT2D eigenvalue weighted by molar-refractivity contribution is 0.751. The molecule has 0 unspecified atom stereocenters. The van der Waals surface area contributed by atoms with Crippen molar-refractivity contribution in [3.8, 4) is 0 Å². The molecule has 0 aliphatic heterocycles. The van der Waals surface area contributed by atoms with Gasteiger partial charge in [-0.25, -0.2) is 5.43 Å². The van der Waals surface area contributed by atoms with Crippen molar-refractivity contribution >= 4 is 5.69 Å². The van der Waals surface area contributed by atoms with E-state index in [1.54, 1.807) is 0 Å². The minimum Gasteiger partial charge on any atom is -0.305 e. The summed E-state index contributed by atoms with van der Waals surface area (Å²) >= 11 is 0. The van der Waals surface area contributed by atoms with Crippen LogP contribution in [-0.4, -0.2) is 13.6 Å². The van der Waals surface area contributed by atoms with E-state index >= 15 is 0 Å². The fourth-order valence-corrected chi connectivity index (χ4v) is 1.06. The third kappa shape index (κ3) is 2.10. The number of benzene rings is 1. The molecule has 0 saturated carbocycles. The number of rotatable bonds is 4. The molecule has 0 heterocycles. The van der Waals surface area contributed by atoms with E-state index in [2.05, 4.69) is 24.1 Å². The van der Waals surface area contributed by atoms with Gasteiger partial charge in [-0.2, -0.15) is 0 Å². The van der Waals surface area contributed by atoms with E-state index in [0.717, 1.165) is 12.2 Å². The van der Waals surface area contributed by atoms with Gasteiger partial charge in [0.2, 0.25) is 0 Å². The van der Waals surface area contributed by atoms with Gasteiger partial charge >= 0.3 is 0 Å². The lowest BCUT2D eigenvalue weighted by Crippen LogP contribution is -2.34. The molecule has 1 rings (SSSR count). The summed E-state index contributed by atoms with van der Waals surface area (Å²) in [5.74, 6) is 0. The average Bonchev–Trinajstić information content (AvgIpc) is 2.15. The van der Waals surface area contributed by atoms with Crippen LogP contribution in [0.25, 0.3) is 0 Å². The maximum atomic E-state index is 3.69. The number of nitrogens with zero attached hydrogens (tertiary/aromatic N) is 1. The van der Waals surface area contributed by atoms with Gasteiger partial charge in [0.25, 0.3) is 0 Å². The molecule has 0 saturated heterocycles. The predicted octanol–water partition coefficient (Wildman–Crippen LogP) is 1.81. The summed E-state index contributed by atoms with van der Waals surface area (Å²) < 4.78 is 0. The first-order valence-corrected chi connectivity index (χ1v) is 3.99. The molecule has 2 nitrogen and oxygen atoms in total. The Balaban J connectivity index is 2.72. The zero-order valence-electron chi connectivity index (χ0n) is 7.33. The number of hydrogen-bond acceptors (Lipinski definition) is 2. The van der Waals surface area contributed by atoms with Crippen molar-refractivity contribution in [1.82, 2.24) is 5.43 Å². The maximum Gasteiger partial charge on any atom is 0.0523 e. The van der Waals surface area contributed by atoms with Crippen molar-refractivity contribution in [2.75, 3.05) is 18.6 Å². The molecule has 0 radical (unpaired) electrons. The summed E-state index contributed by atoms with van der Waals surface area (Å²) in [6.07, 6.45) is 1.86. The van der Waals surface area contributed by atoms with Crippen LogP contribution in [0.4, 0.5) is 5.69 Å². The van der Waals surface area contributed by atoms with Crippen molar-refractivity contribution in [2.45, 2.75) is 0 Å². The predicted molar refractivity (Wildman–Crippen MR) is 53.0 cm³/mol. The molecule has 1 N–H and O–H groups in total. The second-order valence-electron chi connectivity index (χ2n) is 2.46. The van der Waals surface area contributed by atoms with Gasteiger partial charge in [0.05, 0.1) is 12.2 Å². The molecule has 1 aromatic carbocycles. The first kappa shape index (κ1) is 8.81. The minimum atomic E-state index is 0.806. The highest BCUT2D eigenvalue weighted by atomic mass is 15.5. The van der Waals surface area contributed by atoms with Crippen LogP contribution in [0, 0.1) is 0 Å². The van der Waals surface area contributed by atoms with E-state index in [1.165, 1.54) is 0 Å². The van der Waals surface area contributed by atoms with Crippen molar-refractivity contribution in [2.24, 2.45) is 0 Å². The SMILES string of the molecule is C=CCN(NC)c1ccccc1. The highest BCUT2D eigenvalue weighted by Gasteiger charge is 1.98. The number of nitrogens with one attached hydrogen (secondary N) is 1. The largest absolute Gasteiger partial charge is 0.305 e. The second-order valence-corrected chi connectivity index (χ2v) is 2.46. The number of para-hydroxylation sites is 1. The monoisotopic (exact) mass is 162 g/mol. The molecular weight excluding hydrogens is 148 g/mol. The smallest absolute Gasteiger partial charge is 0.0523 e. The average molecular weight is 162 g/mol. The maximum absolute atomic E-state index is 3.69. The fraction of sp³-hybridized carbons (Fsp3) is 0.200. The van der Waals surface area contributed by atoms with Crippen molar-refractivity contribution in [3.05, 3.63) is 43.0 Å². The van der Waals surface area contributed by atoms with E-state index in [4.69, 9.17) is 0 Å². The molecular formula is C10H14N2. The van der Waals surface area contributed by atoms with Gasteiger partial charge in [-0.3, -0.25) is 0 Å². The summed E-state index contributed by atoms with van der Waals surface area (Å²) in [4.78, 5) is 0. The Morgan fingerprint density at radius 3 is 2.58 bits per heavy atom. The van der Waals surface area contributed by atoms with E-state index in [1.807, 2.05) is 36.3 Å². The fourth-order valence-electron chi connectivity index (χ4n) is 1.06. The van der Waals surface area contributed by atoms with Gasteiger partial charge in [-0.1, -0.05) is 24.3 Å². The van der Waals surface area contributed by atoms with Gasteiger partial charge in [-0.05, 0) is 12.1 Å². The van der Waals surface area contributed by atoms with Crippen LogP contribution < -0.4 is 10.4 Å². The quantitative estimate of drug-likeness (QED) is 0.536. The summed E-state index contributed by atoms with van der Waals surface area (Å²) in [6.45, 7) is 4.50. The van der Waals surface area contributed by atoms with Gasteiger partial charge in [0.15, 0.2) is 0 Å². The molecule has 0 atom stereocenters. The van der Waals surface area contributed by atoms with Crippen LogP contribution in [0.15, 0.2) is 43.0 Å². The normalized spacial score (nSPS) is 9.42. The molecule has 0 spiro atoms. The zero-order chi connectivity index (χ0) is 8.81. The highest BCUT2D eigenvalue weighted by Crippen LogP contribution is 2.09. The first-order chi connectivity index (χ1) is 5.88. The Hall–Kier alpha value is -1.28. The van der Waals surface area contributed by atoms with Crippen LogP contribution in [-0.2, 0) is 0 Å². The molecule has 64 valence electrons. The zero-order valence-corrected chi connectivity index (χ0v) is 7.33. The molecule has 0 bridgehead atoms. The topological polar surface area (TPSA) is 15.3 Å². The Bertz CT molecular complexity index is 231. The van der Waals surface area contributed by atoms with E-state index in [-0.39, 0.29) is 0 Å². The van der Waals surface area contributed by atoms with Crippen molar-refractivity contribution in [1.29, 1.82) is 0 Å². The van der Waals surface area contributed by atoms with Gasteiger partial charge in [-0.15, -0.1) is 6.58 Å². The summed E-state index contributed by atoms with van der Waals surface area (Å²) in [7, 11) is 1.90. The highest BCUT2D eigenvalue weighted by molar-refractivity contribution is 5.45. The van der Waals surface area contributed by atoms with Gasteiger partial charge in [0.1, 0.15) is 0 Å². The van der Waals surface area contributed by atoms with Crippen LogP contribution in [0.3, 0.4) is 0 Å². The Labute approximate surface area is 73.5 Å². The first-order valence-electron chi connectivity index (χ1n) is 3.99. The van der Waals surface area contributed by atoms with Crippen molar-refractivity contribution < 1.29 is 0 Å². The lowest BCUT2D eigenvalue weighted by atomic mass is 10.3. The molecule has 0 fully saturated rings. The Morgan fingerprint density at radius 2 is 2.08 bits per heavy atom. The third-order valence-corrected chi connectivity index (χ3v) is 1.65. The van der Waals surface area contributed by atoms with Crippen LogP contribution in [0.5, 0.6) is 0 Å². The van der Waals surface area contributed by atoms with E-state index < -0.39 is 0 Å². The number of hydrogen-bond donors (Lipinski definition) is 1. The van der Waals surface area contributed by atoms with Gasteiger partial charge < -0.3 is 5.01 Å². The Kier molecular flexibility index (Phi) is 3.35. The number of hydrazine groups is 1. The van der Waals surface area contributed by atoms with Crippen LogP contribution >= 0.6 is 0 Å².